The van der Waals surface area contributed by atoms with Gasteiger partial charge in [-0.15, -0.1) is 0 Å². The fourth-order valence-electron chi connectivity index (χ4n) is 11.8. The van der Waals surface area contributed by atoms with E-state index in [-0.39, 0.29) is 11.8 Å². The van der Waals surface area contributed by atoms with E-state index in [9.17, 15) is 9.90 Å². The van der Waals surface area contributed by atoms with E-state index in [2.05, 4.69) is 165 Å². The second kappa shape index (κ2) is 19.3. The lowest BCUT2D eigenvalue weighted by atomic mass is 9.81. The number of carbonyl (C=O) groups is 1. The van der Waals surface area contributed by atoms with Crippen LogP contribution < -0.4 is 5.32 Å². The molecule has 0 aromatic heterocycles. The third-order valence-corrected chi connectivity index (χ3v) is 15.3. The number of carboxylic acid groups (broad SMARTS) is 1. The lowest BCUT2D eigenvalue weighted by Gasteiger charge is -2.36. The van der Waals surface area contributed by atoms with E-state index >= 15 is 0 Å². The lowest BCUT2D eigenvalue weighted by Crippen LogP contribution is -2.58. The van der Waals surface area contributed by atoms with Crippen molar-refractivity contribution in [3.63, 3.8) is 0 Å². The number of dihydropyridines is 1. The maximum atomic E-state index is 13.9. The van der Waals surface area contributed by atoms with Gasteiger partial charge in [-0.3, -0.25) is 9.98 Å². The number of aliphatic carboxylic acids is 1. The highest BCUT2D eigenvalue weighted by atomic mass is 16.4. The predicted octanol–water partition coefficient (Wildman–Crippen LogP) is 15.3. The first kappa shape index (κ1) is 44.3. The van der Waals surface area contributed by atoms with Crippen LogP contribution in [0.4, 0.5) is 11.4 Å². The summed E-state index contributed by atoms with van der Waals surface area (Å²) in [6.07, 6.45) is 15.8. The number of hydrogen-bond acceptors (Lipinski definition) is 4. The van der Waals surface area contributed by atoms with E-state index in [4.69, 9.17) is 9.98 Å². The first-order valence-electron chi connectivity index (χ1n) is 24.8. The molecule has 1 unspecified atom stereocenters. The van der Waals surface area contributed by atoms with Gasteiger partial charge in [-0.1, -0.05) is 177 Å². The fourth-order valence-corrected chi connectivity index (χ4v) is 11.8. The average molecular weight is 882 g/mol. The Hall–Kier alpha value is -6.59. The molecule has 0 radical (unpaired) electrons. The Morgan fingerprint density at radius 3 is 1.46 bits per heavy atom. The largest absolute Gasteiger partial charge is 0.479 e. The Morgan fingerprint density at radius 2 is 1.01 bits per heavy atom. The fraction of sp³-hybridized carbons (Fsp3) is 0.306. The lowest BCUT2D eigenvalue weighted by molar-refractivity contribution is -0.139. The van der Waals surface area contributed by atoms with Gasteiger partial charge in [-0.2, -0.15) is 0 Å². The zero-order chi connectivity index (χ0) is 45.9. The summed E-state index contributed by atoms with van der Waals surface area (Å²) >= 11 is 0. The summed E-state index contributed by atoms with van der Waals surface area (Å²) in [5.41, 5.74) is 16.2. The number of benzene rings is 6. The van der Waals surface area contributed by atoms with Gasteiger partial charge in [0, 0.05) is 11.8 Å². The second-order valence-corrected chi connectivity index (χ2v) is 19.6. The molecular formula is C62H63N3O2. The average Bonchev–Trinajstić information content (AvgIpc) is 4.11. The highest BCUT2D eigenvalue weighted by molar-refractivity contribution is 6.15. The SMILES string of the molecule is CC(=Nc1c(C)cc(C(c2ccccc2)c2ccccc2)cc1C1CCCC1)C1(C(=O)O)C=CC2=C(N1)C(=Nc1c(C)cc(C(c3ccccc3)c3ccccc3)cc1C1CCCC1)CCC2. The van der Waals surface area contributed by atoms with E-state index < -0.39 is 11.5 Å². The molecule has 338 valence electrons. The van der Waals surface area contributed by atoms with Crippen molar-refractivity contribution in [3.05, 3.63) is 225 Å². The third kappa shape index (κ3) is 8.89. The molecule has 1 heterocycles. The van der Waals surface area contributed by atoms with Crippen LogP contribution in [-0.2, 0) is 4.79 Å². The van der Waals surface area contributed by atoms with E-state index in [1.54, 1.807) is 0 Å². The van der Waals surface area contributed by atoms with Crippen LogP contribution in [0.15, 0.2) is 179 Å². The zero-order valence-corrected chi connectivity index (χ0v) is 39.3. The van der Waals surface area contributed by atoms with Crippen molar-refractivity contribution < 1.29 is 9.90 Å². The van der Waals surface area contributed by atoms with Crippen molar-refractivity contribution in [1.82, 2.24) is 5.32 Å². The van der Waals surface area contributed by atoms with Crippen LogP contribution in [0.5, 0.6) is 0 Å². The van der Waals surface area contributed by atoms with Crippen LogP contribution in [0, 0.1) is 13.8 Å². The predicted molar refractivity (Wildman–Crippen MR) is 276 cm³/mol. The van der Waals surface area contributed by atoms with E-state index in [1.165, 1.54) is 70.2 Å². The Morgan fingerprint density at radius 1 is 0.582 bits per heavy atom. The molecule has 0 spiro atoms. The van der Waals surface area contributed by atoms with Gasteiger partial charge in [0.1, 0.15) is 0 Å². The summed E-state index contributed by atoms with van der Waals surface area (Å²) in [6, 6.07) is 52.7. The molecule has 0 bridgehead atoms. The summed E-state index contributed by atoms with van der Waals surface area (Å²) in [5.74, 6) is -0.0246. The molecule has 67 heavy (non-hydrogen) atoms. The van der Waals surface area contributed by atoms with Crippen molar-refractivity contribution in [2.45, 2.75) is 121 Å². The minimum absolute atomic E-state index is 0.0613. The van der Waals surface area contributed by atoms with Crippen molar-refractivity contribution in [2.75, 3.05) is 0 Å². The van der Waals surface area contributed by atoms with Gasteiger partial charge in [0.05, 0.1) is 28.5 Å². The van der Waals surface area contributed by atoms with Crippen molar-refractivity contribution in [3.8, 4) is 0 Å². The molecule has 1 aliphatic heterocycles. The monoisotopic (exact) mass is 881 g/mol. The van der Waals surface area contributed by atoms with Crippen LogP contribution in [0.25, 0.3) is 0 Å². The Balaban J connectivity index is 1.04. The molecule has 2 N–H and O–H groups in total. The standard InChI is InChI=1S/C62H63N3O2/c1-41-37-51(56(46-25-8-4-9-26-46)47-27-10-5-11-28-47)39-53(44-21-16-17-22-44)58(41)63-43(3)62(61(66)67)36-35-50-33-20-34-55(60(50)65-62)64-59-42(2)38-52(40-54(59)45-23-18-19-24-45)57(48-29-12-6-13-30-48)49-31-14-7-15-32-49/h4-15,25-32,35-40,44-45,56-57,65H,16-24,33-34H2,1-3H3,(H,66,67). The van der Waals surface area contributed by atoms with Gasteiger partial charge in [0.15, 0.2) is 5.54 Å². The smallest absolute Gasteiger partial charge is 0.339 e. The molecule has 0 saturated heterocycles. The van der Waals surface area contributed by atoms with Crippen LogP contribution in [0.2, 0.25) is 0 Å². The summed E-state index contributed by atoms with van der Waals surface area (Å²) in [5, 5.41) is 15.0. The summed E-state index contributed by atoms with van der Waals surface area (Å²) in [6.45, 7) is 6.27. The van der Waals surface area contributed by atoms with Crippen LogP contribution >= 0.6 is 0 Å². The minimum atomic E-state index is -1.54. The van der Waals surface area contributed by atoms with Gasteiger partial charge in [0.25, 0.3) is 0 Å². The number of nitrogens with zero attached hydrogens (tertiary/aromatic N) is 2. The first-order valence-corrected chi connectivity index (χ1v) is 24.8. The molecule has 3 aliphatic carbocycles. The number of aryl methyl sites for hydroxylation is 2. The van der Waals surface area contributed by atoms with E-state index in [0.29, 0.717) is 17.5 Å². The molecule has 6 aromatic rings. The number of hydrogen-bond donors (Lipinski definition) is 2. The van der Waals surface area contributed by atoms with E-state index in [1.807, 2.05) is 19.1 Å². The minimum Gasteiger partial charge on any atom is -0.479 e. The molecule has 0 amide bonds. The molecule has 2 saturated carbocycles. The van der Waals surface area contributed by atoms with Gasteiger partial charge in [-0.25, -0.2) is 4.79 Å². The maximum Gasteiger partial charge on any atom is 0.339 e. The normalized spacial score (nSPS) is 19.7. The summed E-state index contributed by atoms with van der Waals surface area (Å²) in [7, 11) is 0. The van der Waals surface area contributed by atoms with Gasteiger partial charge in [-0.05, 0) is 145 Å². The van der Waals surface area contributed by atoms with Crippen LogP contribution in [0.1, 0.15) is 157 Å². The highest BCUT2D eigenvalue weighted by Gasteiger charge is 2.44. The van der Waals surface area contributed by atoms with Crippen LogP contribution in [-0.4, -0.2) is 28.0 Å². The number of rotatable bonds is 12. The second-order valence-electron chi connectivity index (χ2n) is 19.6. The molecular weight excluding hydrogens is 819 g/mol. The molecule has 6 aromatic carbocycles. The maximum absolute atomic E-state index is 13.9. The Kier molecular flexibility index (Phi) is 12.8. The third-order valence-electron chi connectivity index (χ3n) is 15.3. The quantitative estimate of drug-likeness (QED) is 0.0950. The van der Waals surface area contributed by atoms with Crippen molar-refractivity contribution in [2.24, 2.45) is 9.98 Å². The zero-order valence-electron chi connectivity index (χ0n) is 39.3. The van der Waals surface area contributed by atoms with Gasteiger partial charge >= 0.3 is 5.97 Å². The highest BCUT2D eigenvalue weighted by Crippen LogP contribution is 2.47. The summed E-state index contributed by atoms with van der Waals surface area (Å²) in [4.78, 5) is 25.0. The molecule has 5 heteroatoms. The van der Waals surface area contributed by atoms with Crippen molar-refractivity contribution >= 4 is 28.8 Å². The van der Waals surface area contributed by atoms with E-state index in [0.717, 1.165) is 84.4 Å². The summed E-state index contributed by atoms with van der Waals surface area (Å²) < 4.78 is 0. The molecule has 4 aliphatic rings. The van der Waals surface area contributed by atoms with Gasteiger partial charge in [0.2, 0.25) is 0 Å². The van der Waals surface area contributed by atoms with Crippen LogP contribution in [0.3, 0.4) is 0 Å². The first-order chi connectivity index (χ1) is 32.8. The van der Waals surface area contributed by atoms with Gasteiger partial charge < -0.3 is 10.4 Å². The topological polar surface area (TPSA) is 74.0 Å². The molecule has 10 rings (SSSR count). The Bertz CT molecular complexity index is 2790. The number of aliphatic imine (C=N–C) groups is 2. The molecule has 5 nitrogen and oxygen atoms in total. The number of allylic oxidation sites excluding steroid dienone is 3. The number of nitrogens with one attached hydrogen (secondary N) is 1. The Labute approximate surface area is 397 Å². The van der Waals surface area contributed by atoms with Crippen molar-refractivity contribution in [1.29, 1.82) is 0 Å². The molecule has 2 fully saturated rings. The molecule has 1 atom stereocenters. The number of carboxylic acids is 1.